The minimum Gasteiger partial charge on any atom is -0.481 e. The van der Waals surface area contributed by atoms with Crippen LogP contribution >= 0.6 is 0 Å². The smallest absolute Gasteiger partial charge is 0.316 e. The number of hydrogen-bond donors (Lipinski definition) is 2. The minimum atomic E-state index is -0.800. The summed E-state index contributed by atoms with van der Waals surface area (Å²) in [5.74, 6) is -0.739. The lowest BCUT2D eigenvalue weighted by atomic mass is 9.80. The molecule has 4 aromatic rings. The molecule has 0 bridgehead atoms. The van der Waals surface area contributed by atoms with Crippen LogP contribution in [0, 0.1) is 23.1 Å². The molecule has 9 heteroatoms. The van der Waals surface area contributed by atoms with Gasteiger partial charge in [-0.2, -0.15) is 5.26 Å². The predicted molar refractivity (Wildman–Crippen MR) is 117 cm³/mol. The van der Waals surface area contributed by atoms with Crippen LogP contribution in [0.15, 0.2) is 48.8 Å². The van der Waals surface area contributed by atoms with E-state index in [0.717, 1.165) is 0 Å². The Kier molecular flexibility index (Phi) is 5.18. The highest BCUT2D eigenvalue weighted by Crippen LogP contribution is 2.33. The molecule has 1 aliphatic carbocycles. The van der Waals surface area contributed by atoms with Gasteiger partial charge in [0.15, 0.2) is 0 Å². The van der Waals surface area contributed by atoms with Crippen molar-refractivity contribution in [3.63, 3.8) is 0 Å². The number of hydrogen-bond acceptors (Lipinski definition) is 6. The summed E-state index contributed by atoms with van der Waals surface area (Å²) in [6.45, 7) is 0. The summed E-state index contributed by atoms with van der Waals surface area (Å²) >= 11 is 0. The number of halogens is 1. The molecule has 2 heterocycles. The van der Waals surface area contributed by atoms with Crippen LogP contribution in [0.4, 0.5) is 4.39 Å². The second-order valence-electron chi connectivity index (χ2n) is 8.05. The van der Waals surface area contributed by atoms with Crippen LogP contribution in [0.2, 0.25) is 0 Å². The van der Waals surface area contributed by atoms with Gasteiger partial charge in [0.2, 0.25) is 0 Å². The molecule has 1 aliphatic rings. The fraction of sp³-hybridized carbons (Fsp3) is 0.208. The van der Waals surface area contributed by atoms with E-state index in [1.807, 2.05) is 0 Å². The van der Waals surface area contributed by atoms with E-state index in [4.69, 9.17) is 15.1 Å². The summed E-state index contributed by atoms with van der Waals surface area (Å²) < 4.78 is 20.6. The number of aromatic amines is 1. The standard InChI is InChI=1S/C24H18FN5O3/c25-19-9-15(2-3-18(19)23-29-20-4-1-13(10-26)7-21(20)30-23)16-11-27-24(28-12-16)33-17-5-14(6-17)8-22(31)32/h1-4,7,9,11-12,14,17H,5-6,8H2,(H,29,30)(H,31,32). The zero-order chi connectivity index (χ0) is 22.9. The first-order valence-electron chi connectivity index (χ1n) is 10.4. The lowest BCUT2D eigenvalue weighted by Gasteiger charge is -2.33. The van der Waals surface area contributed by atoms with Crippen LogP contribution in [0.1, 0.15) is 24.8 Å². The summed E-state index contributed by atoms with van der Waals surface area (Å²) in [5.41, 5.74) is 3.37. The first-order chi connectivity index (χ1) is 16.0. The molecular weight excluding hydrogens is 425 g/mol. The first-order valence-corrected chi connectivity index (χ1v) is 10.4. The number of nitrogens with zero attached hydrogens (tertiary/aromatic N) is 4. The van der Waals surface area contributed by atoms with E-state index in [2.05, 4.69) is 26.0 Å². The number of carboxylic acid groups (broad SMARTS) is 1. The molecule has 2 aromatic heterocycles. The molecule has 1 saturated carbocycles. The van der Waals surface area contributed by atoms with Gasteiger partial charge in [0.05, 0.1) is 28.2 Å². The predicted octanol–water partition coefficient (Wildman–Crippen LogP) is 4.33. The van der Waals surface area contributed by atoms with E-state index >= 15 is 0 Å². The Hall–Kier alpha value is -4.32. The van der Waals surface area contributed by atoms with Crippen molar-refractivity contribution in [1.29, 1.82) is 5.26 Å². The van der Waals surface area contributed by atoms with Crippen molar-refractivity contribution in [3.8, 4) is 34.6 Å². The van der Waals surface area contributed by atoms with Gasteiger partial charge in [-0.15, -0.1) is 0 Å². The molecule has 0 radical (unpaired) electrons. The Balaban J connectivity index is 1.29. The van der Waals surface area contributed by atoms with Crippen LogP contribution in [0.3, 0.4) is 0 Å². The number of ether oxygens (including phenoxy) is 1. The van der Waals surface area contributed by atoms with Gasteiger partial charge in [-0.1, -0.05) is 6.07 Å². The average molecular weight is 443 g/mol. The van der Waals surface area contributed by atoms with Crippen LogP contribution in [-0.2, 0) is 4.79 Å². The Morgan fingerprint density at radius 2 is 1.97 bits per heavy atom. The molecule has 0 aliphatic heterocycles. The van der Waals surface area contributed by atoms with Gasteiger partial charge in [-0.3, -0.25) is 4.79 Å². The molecule has 0 atom stereocenters. The molecule has 0 spiro atoms. The van der Waals surface area contributed by atoms with Gasteiger partial charge in [-0.05, 0) is 54.7 Å². The summed E-state index contributed by atoms with van der Waals surface area (Å²) in [7, 11) is 0. The number of carbonyl (C=O) groups is 1. The number of nitrogens with one attached hydrogen (secondary N) is 1. The maximum Gasteiger partial charge on any atom is 0.316 e. The van der Waals surface area contributed by atoms with E-state index in [-0.39, 0.29) is 24.5 Å². The zero-order valence-corrected chi connectivity index (χ0v) is 17.3. The van der Waals surface area contributed by atoms with Crippen molar-refractivity contribution >= 4 is 17.0 Å². The molecule has 2 aromatic carbocycles. The second kappa shape index (κ2) is 8.31. The van der Waals surface area contributed by atoms with Gasteiger partial charge in [0, 0.05) is 24.4 Å². The van der Waals surface area contributed by atoms with Gasteiger partial charge in [-0.25, -0.2) is 19.3 Å². The SMILES string of the molecule is N#Cc1ccc2nc(-c3ccc(-c4cnc(OC5CC(CC(=O)O)C5)nc4)cc3F)[nH]c2c1. The number of nitriles is 1. The number of aliphatic carboxylic acids is 1. The van der Waals surface area contributed by atoms with E-state index in [0.29, 0.717) is 52.0 Å². The molecule has 0 saturated heterocycles. The van der Waals surface area contributed by atoms with E-state index < -0.39 is 11.8 Å². The first kappa shape index (κ1) is 20.6. The highest BCUT2D eigenvalue weighted by Gasteiger charge is 2.32. The number of imidazole rings is 1. The third-order valence-corrected chi connectivity index (χ3v) is 5.72. The van der Waals surface area contributed by atoms with Gasteiger partial charge >= 0.3 is 12.0 Å². The fourth-order valence-corrected chi connectivity index (χ4v) is 3.95. The van der Waals surface area contributed by atoms with E-state index in [1.54, 1.807) is 42.7 Å². The monoisotopic (exact) mass is 443 g/mol. The Bertz CT molecular complexity index is 1390. The number of rotatable bonds is 6. The molecule has 2 N–H and O–H groups in total. The molecule has 1 fully saturated rings. The van der Waals surface area contributed by atoms with Crippen molar-refractivity contribution in [1.82, 2.24) is 19.9 Å². The Morgan fingerprint density at radius 3 is 2.67 bits per heavy atom. The summed E-state index contributed by atoms with van der Waals surface area (Å²) in [6, 6.07) is 12.1. The number of benzene rings is 2. The number of carboxylic acids is 1. The molecular formula is C24H18FN5O3. The van der Waals surface area contributed by atoms with Gasteiger partial charge in [0.25, 0.3) is 0 Å². The third kappa shape index (κ3) is 4.23. The number of H-pyrrole nitrogens is 1. The summed E-state index contributed by atoms with van der Waals surface area (Å²) in [4.78, 5) is 26.6. The quantitative estimate of drug-likeness (QED) is 0.454. The average Bonchev–Trinajstić information content (AvgIpc) is 3.20. The van der Waals surface area contributed by atoms with Crippen molar-refractivity contribution in [2.24, 2.45) is 5.92 Å². The Labute approximate surface area is 187 Å². The molecule has 5 rings (SSSR count). The largest absolute Gasteiger partial charge is 0.481 e. The van der Waals surface area contributed by atoms with E-state index in [9.17, 15) is 9.18 Å². The van der Waals surface area contributed by atoms with Crippen molar-refractivity contribution in [3.05, 3.63) is 60.2 Å². The lowest BCUT2D eigenvalue weighted by molar-refractivity contribution is -0.139. The highest BCUT2D eigenvalue weighted by molar-refractivity contribution is 5.81. The van der Waals surface area contributed by atoms with Gasteiger partial charge in [0.1, 0.15) is 17.7 Å². The number of aromatic nitrogens is 4. The summed E-state index contributed by atoms with van der Waals surface area (Å²) in [6.07, 6.45) is 4.54. The van der Waals surface area contributed by atoms with Crippen molar-refractivity contribution < 1.29 is 19.0 Å². The molecule has 33 heavy (non-hydrogen) atoms. The van der Waals surface area contributed by atoms with Crippen LogP contribution < -0.4 is 4.74 Å². The Morgan fingerprint density at radius 1 is 1.18 bits per heavy atom. The lowest BCUT2D eigenvalue weighted by Crippen LogP contribution is -2.35. The normalized spacial score (nSPS) is 17.3. The maximum atomic E-state index is 14.9. The molecule has 0 unspecified atom stereocenters. The minimum absolute atomic E-state index is 0.0787. The summed E-state index contributed by atoms with van der Waals surface area (Å²) in [5, 5.41) is 17.8. The maximum absolute atomic E-state index is 14.9. The van der Waals surface area contributed by atoms with E-state index in [1.165, 1.54) is 6.07 Å². The van der Waals surface area contributed by atoms with Crippen LogP contribution in [0.5, 0.6) is 6.01 Å². The fourth-order valence-electron chi connectivity index (χ4n) is 3.95. The number of fused-ring (bicyclic) bond motifs is 1. The highest BCUT2D eigenvalue weighted by atomic mass is 19.1. The third-order valence-electron chi connectivity index (χ3n) is 5.72. The molecule has 164 valence electrons. The van der Waals surface area contributed by atoms with Crippen molar-refractivity contribution in [2.75, 3.05) is 0 Å². The van der Waals surface area contributed by atoms with Gasteiger partial charge < -0.3 is 14.8 Å². The topological polar surface area (TPSA) is 125 Å². The molecule has 0 amide bonds. The second-order valence-corrected chi connectivity index (χ2v) is 8.05. The van der Waals surface area contributed by atoms with Crippen LogP contribution in [-0.4, -0.2) is 37.1 Å². The van der Waals surface area contributed by atoms with Crippen LogP contribution in [0.25, 0.3) is 33.5 Å². The van der Waals surface area contributed by atoms with Crippen molar-refractivity contribution in [2.45, 2.75) is 25.4 Å². The molecule has 8 nitrogen and oxygen atoms in total. The zero-order valence-electron chi connectivity index (χ0n) is 17.3.